The first-order chi connectivity index (χ1) is 9.16. The predicted octanol–water partition coefficient (Wildman–Crippen LogP) is 2.85. The van der Waals surface area contributed by atoms with E-state index in [-0.39, 0.29) is 11.7 Å². The molecule has 1 aliphatic rings. The van der Waals surface area contributed by atoms with Gasteiger partial charge in [0.2, 0.25) is 0 Å². The van der Waals surface area contributed by atoms with Crippen LogP contribution in [0.3, 0.4) is 0 Å². The molecular formula is C14H9NO4. The van der Waals surface area contributed by atoms with E-state index in [0.717, 1.165) is 11.1 Å². The molecule has 0 saturated heterocycles. The van der Waals surface area contributed by atoms with E-state index in [1.807, 2.05) is 12.1 Å². The van der Waals surface area contributed by atoms with Crippen molar-refractivity contribution < 1.29 is 14.5 Å². The quantitative estimate of drug-likeness (QED) is 0.470. The van der Waals surface area contributed by atoms with E-state index in [1.165, 1.54) is 12.1 Å². The van der Waals surface area contributed by atoms with E-state index in [2.05, 4.69) is 0 Å². The molecule has 19 heavy (non-hydrogen) atoms. The maximum absolute atomic E-state index is 11.7. The zero-order valence-corrected chi connectivity index (χ0v) is 9.78. The molecule has 1 unspecified atom stereocenters. The molecule has 2 aromatic carbocycles. The van der Waals surface area contributed by atoms with Crippen molar-refractivity contribution in [1.82, 2.24) is 0 Å². The van der Waals surface area contributed by atoms with E-state index >= 15 is 0 Å². The second kappa shape index (κ2) is 4.20. The Morgan fingerprint density at radius 3 is 2.42 bits per heavy atom. The number of carbonyl (C=O) groups excluding carboxylic acids is 1. The monoisotopic (exact) mass is 255 g/mol. The summed E-state index contributed by atoms with van der Waals surface area (Å²) < 4.78 is 5.31. The van der Waals surface area contributed by atoms with Gasteiger partial charge in [-0.1, -0.05) is 18.2 Å². The minimum atomic E-state index is -0.482. The van der Waals surface area contributed by atoms with Crippen LogP contribution in [0, 0.1) is 10.1 Å². The number of carbonyl (C=O) groups is 1. The number of benzene rings is 2. The van der Waals surface area contributed by atoms with Gasteiger partial charge in [0.25, 0.3) is 5.69 Å². The summed E-state index contributed by atoms with van der Waals surface area (Å²) in [6.07, 6.45) is -0.482. The highest BCUT2D eigenvalue weighted by Gasteiger charge is 2.31. The molecule has 0 radical (unpaired) electrons. The van der Waals surface area contributed by atoms with Crippen LogP contribution in [0.2, 0.25) is 0 Å². The van der Waals surface area contributed by atoms with E-state index in [1.54, 1.807) is 24.3 Å². The van der Waals surface area contributed by atoms with Crippen molar-refractivity contribution in [2.24, 2.45) is 0 Å². The van der Waals surface area contributed by atoms with Crippen LogP contribution in [-0.4, -0.2) is 10.9 Å². The smallest absolute Gasteiger partial charge is 0.339 e. The molecule has 0 fully saturated rings. The van der Waals surface area contributed by atoms with Crippen LogP contribution >= 0.6 is 0 Å². The van der Waals surface area contributed by atoms with Gasteiger partial charge in [-0.15, -0.1) is 0 Å². The Morgan fingerprint density at radius 1 is 1.05 bits per heavy atom. The van der Waals surface area contributed by atoms with Crippen molar-refractivity contribution in [3.63, 3.8) is 0 Å². The van der Waals surface area contributed by atoms with Gasteiger partial charge in [-0.3, -0.25) is 10.1 Å². The Hall–Kier alpha value is -2.69. The lowest BCUT2D eigenvalue weighted by Gasteiger charge is -2.10. The second-order valence-electron chi connectivity index (χ2n) is 4.22. The minimum Gasteiger partial charge on any atom is -0.449 e. The summed E-state index contributed by atoms with van der Waals surface area (Å²) in [7, 11) is 0. The Balaban J connectivity index is 2.00. The van der Waals surface area contributed by atoms with Crippen molar-refractivity contribution in [3.8, 4) is 0 Å². The second-order valence-corrected chi connectivity index (χ2v) is 4.22. The number of cyclic esters (lactones) is 1. The van der Waals surface area contributed by atoms with Crippen molar-refractivity contribution in [3.05, 3.63) is 75.3 Å². The van der Waals surface area contributed by atoms with Gasteiger partial charge in [-0.25, -0.2) is 4.79 Å². The highest BCUT2D eigenvalue weighted by Crippen LogP contribution is 2.35. The number of nitrogens with zero attached hydrogens (tertiary/aromatic N) is 1. The van der Waals surface area contributed by atoms with Gasteiger partial charge in [0, 0.05) is 17.7 Å². The van der Waals surface area contributed by atoms with Gasteiger partial charge < -0.3 is 4.74 Å². The van der Waals surface area contributed by atoms with Gasteiger partial charge in [-0.2, -0.15) is 0 Å². The van der Waals surface area contributed by atoms with E-state index in [0.29, 0.717) is 5.56 Å². The Kier molecular flexibility index (Phi) is 2.52. The van der Waals surface area contributed by atoms with E-state index in [4.69, 9.17) is 4.74 Å². The predicted molar refractivity (Wildman–Crippen MR) is 66.8 cm³/mol. The summed E-state index contributed by atoms with van der Waals surface area (Å²) in [5.74, 6) is -0.362. The number of non-ortho nitro benzene ring substituents is 1. The Labute approximate surface area is 108 Å². The summed E-state index contributed by atoms with van der Waals surface area (Å²) in [5, 5.41) is 10.6. The zero-order chi connectivity index (χ0) is 13.4. The van der Waals surface area contributed by atoms with Crippen LogP contribution in [0.15, 0.2) is 48.5 Å². The molecule has 2 aromatic rings. The van der Waals surface area contributed by atoms with Crippen LogP contribution in [0.5, 0.6) is 0 Å². The molecule has 5 nitrogen and oxygen atoms in total. The standard InChI is InChI=1S/C14H9NO4/c16-14-12-4-2-1-3-11(12)13(19-14)9-5-7-10(8-6-9)15(17)18/h1-8,13H. The largest absolute Gasteiger partial charge is 0.449 e. The third-order valence-electron chi connectivity index (χ3n) is 3.09. The summed E-state index contributed by atoms with van der Waals surface area (Å²) in [4.78, 5) is 21.8. The van der Waals surface area contributed by atoms with Crippen molar-refractivity contribution in [2.75, 3.05) is 0 Å². The number of ether oxygens (including phenoxy) is 1. The molecular weight excluding hydrogens is 246 g/mol. The van der Waals surface area contributed by atoms with Crippen LogP contribution in [0.1, 0.15) is 27.6 Å². The molecule has 1 aliphatic heterocycles. The summed E-state index contributed by atoms with van der Waals surface area (Å²) in [6, 6.07) is 13.2. The summed E-state index contributed by atoms with van der Waals surface area (Å²) in [5.41, 5.74) is 2.08. The highest BCUT2D eigenvalue weighted by atomic mass is 16.6. The van der Waals surface area contributed by atoms with Crippen LogP contribution < -0.4 is 0 Å². The summed E-state index contributed by atoms with van der Waals surface area (Å²) in [6.45, 7) is 0. The number of nitro benzene ring substituents is 1. The lowest BCUT2D eigenvalue weighted by atomic mass is 9.99. The molecule has 3 rings (SSSR count). The molecule has 0 aliphatic carbocycles. The highest BCUT2D eigenvalue weighted by molar-refractivity contribution is 5.94. The molecule has 94 valence electrons. The van der Waals surface area contributed by atoms with Crippen LogP contribution in [0.4, 0.5) is 5.69 Å². The number of esters is 1. The van der Waals surface area contributed by atoms with Gasteiger partial charge in [0.15, 0.2) is 6.10 Å². The minimum absolute atomic E-state index is 0.0151. The maximum atomic E-state index is 11.7. The molecule has 1 heterocycles. The molecule has 0 amide bonds. The first-order valence-electron chi connectivity index (χ1n) is 5.71. The molecule has 1 atom stereocenters. The average molecular weight is 255 g/mol. The van der Waals surface area contributed by atoms with Gasteiger partial charge in [0.05, 0.1) is 10.5 Å². The zero-order valence-electron chi connectivity index (χ0n) is 9.78. The first kappa shape index (κ1) is 11.4. The lowest BCUT2D eigenvalue weighted by molar-refractivity contribution is -0.384. The van der Waals surface area contributed by atoms with Gasteiger partial charge in [-0.05, 0) is 23.8 Å². The Bertz CT molecular complexity index is 663. The number of hydrogen-bond acceptors (Lipinski definition) is 4. The third kappa shape index (κ3) is 1.85. The normalized spacial score (nSPS) is 16.8. The summed E-state index contributed by atoms with van der Waals surface area (Å²) >= 11 is 0. The molecule has 5 heteroatoms. The molecule has 0 spiro atoms. The maximum Gasteiger partial charge on any atom is 0.339 e. The van der Waals surface area contributed by atoms with Gasteiger partial charge in [0.1, 0.15) is 0 Å². The van der Waals surface area contributed by atoms with Crippen molar-refractivity contribution in [1.29, 1.82) is 0 Å². The average Bonchev–Trinajstić information content (AvgIpc) is 2.77. The molecule has 0 saturated carbocycles. The fraction of sp³-hybridized carbons (Fsp3) is 0.0714. The van der Waals surface area contributed by atoms with Gasteiger partial charge >= 0.3 is 5.97 Å². The third-order valence-corrected chi connectivity index (χ3v) is 3.09. The fourth-order valence-electron chi connectivity index (χ4n) is 2.16. The topological polar surface area (TPSA) is 69.4 Å². The Morgan fingerprint density at radius 2 is 1.74 bits per heavy atom. The number of rotatable bonds is 2. The van der Waals surface area contributed by atoms with Crippen molar-refractivity contribution in [2.45, 2.75) is 6.10 Å². The van der Waals surface area contributed by atoms with Crippen LogP contribution in [-0.2, 0) is 4.74 Å². The SMILES string of the molecule is O=C1OC(c2ccc([N+](=O)[O-])cc2)c2ccccc21. The molecule has 0 aromatic heterocycles. The number of nitro groups is 1. The number of fused-ring (bicyclic) bond motifs is 1. The first-order valence-corrected chi connectivity index (χ1v) is 5.71. The fourth-order valence-corrected chi connectivity index (χ4v) is 2.16. The number of hydrogen-bond donors (Lipinski definition) is 0. The van der Waals surface area contributed by atoms with Crippen LogP contribution in [0.25, 0.3) is 0 Å². The molecule has 0 N–H and O–H groups in total. The van der Waals surface area contributed by atoms with Crippen molar-refractivity contribution >= 4 is 11.7 Å². The van der Waals surface area contributed by atoms with E-state index < -0.39 is 11.0 Å². The lowest BCUT2D eigenvalue weighted by Crippen LogP contribution is -2.00. The van der Waals surface area contributed by atoms with E-state index in [9.17, 15) is 14.9 Å². The molecule has 0 bridgehead atoms.